The minimum atomic E-state index is -0.818. The number of likely N-dealkylation sites (N-methyl/N-ethyl adjacent to an activating group) is 1. The number of benzene rings is 1. The van der Waals surface area contributed by atoms with Gasteiger partial charge < -0.3 is 10.6 Å². The summed E-state index contributed by atoms with van der Waals surface area (Å²) in [6, 6.07) is 8.31. The number of primary amides is 1. The molecule has 1 atom stereocenters. The smallest absolute Gasteiger partial charge is 0.294 e. The van der Waals surface area contributed by atoms with Crippen molar-refractivity contribution in [3.05, 3.63) is 42.0 Å². The third-order valence-electron chi connectivity index (χ3n) is 2.75. The van der Waals surface area contributed by atoms with E-state index in [2.05, 4.69) is 0 Å². The van der Waals surface area contributed by atoms with Crippen LogP contribution in [0.3, 0.4) is 0 Å². The average molecular weight is 260 g/mol. The van der Waals surface area contributed by atoms with Crippen LogP contribution in [0.25, 0.3) is 6.08 Å². The van der Waals surface area contributed by atoms with Gasteiger partial charge in [0, 0.05) is 7.05 Å². The van der Waals surface area contributed by atoms with Crippen molar-refractivity contribution in [2.45, 2.75) is 13.0 Å². The maximum Gasteiger partial charge on any atom is 0.294 e. The van der Waals surface area contributed by atoms with Crippen LogP contribution in [0.5, 0.6) is 0 Å². The zero-order valence-corrected chi connectivity index (χ0v) is 10.9. The van der Waals surface area contributed by atoms with E-state index in [1.165, 1.54) is 20.0 Å². The number of hydrogen-bond acceptors (Lipinski definition) is 3. The van der Waals surface area contributed by atoms with Gasteiger partial charge in [-0.05, 0) is 18.6 Å². The Morgan fingerprint density at radius 3 is 2.32 bits per heavy atom. The molecule has 0 spiro atoms. The number of ketones is 1. The van der Waals surface area contributed by atoms with Crippen LogP contribution in [-0.2, 0) is 14.4 Å². The Morgan fingerprint density at radius 1 is 1.21 bits per heavy atom. The molecule has 100 valence electrons. The van der Waals surface area contributed by atoms with Gasteiger partial charge in [0.1, 0.15) is 6.04 Å². The highest BCUT2D eigenvalue weighted by Crippen LogP contribution is 2.02. The lowest BCUT2D eigenvalue weighted by Crippen LogP contribution is -2.45. The van der Waals surface area contributed by atoms with Gasteiger partial charge in [-0.25, -0.2) is 0 Å². The molecule has 0 bridgehead atoms. The largest absolute Gasteiger partial charge is 0.368 e. The summed E-state index contributed by atoms with van der Waals surface area (Å²) in [7, 11) is 1.37. The molecule has 0 saturated carbocycles. The number of hydrogen-bond donors (Lipinski definition) is 1. The zero-order valence-electron chi connectivity index (χ0n) is 10.9. The highest BCUT2D eigenvalue weighted by molar-refractivity contribution is 6.41. The first-order valence-electron chi connectivity index (χ1n) is 5.77. The molecule has 5 heteroatoms. The van der Waals surface area contributed by atoms with E-state index in [0.717, 1.165) is 10.5 Å². The standard InChI is InChI=1S/C14H16N2O3/c1-10(13(15)18)16(2)14(19)12(17)9-8-11-6-4-3-5-7-11/h3-10H,1-2H3,(H2,15,18)/b9-8+. The van der Waals surface area contributed by atoms with Crippen molar-refractivity contribution in [1.29, 1.82) is 0 Å². The normalized spacial score (nSPS) is 12.1. The summed E-state index contributed by atoms with van der Waals surface area (Å²) in [5, 5.41) is 0. The van der Waals surface area contributed by atoms with E-state index < -0.39 is 23.6 Å². The van der Waals surface area contributed by atoms with Crippen molar-refractivity contribution in [3.8, 4) is 0 Å². The highest BCUT2D eigenvalue weighted by Gasteiger charge is 2.23. The summed E-state index contributed by atoms with van der Waals surface area (Å²) in [5.74, 6) is -2.12. The lowest BCUT2D eigenvalue weighted by atomic mass is 10.2. The van der Waals surface area contributed by atoms with E-state index in [9.17, 15) is 14.4 Å². The van der Waals surface area contributed by atoms with Gasteiger partial charge in [-0.1, -0.05) is 36.4 Å². The van der Waals surface area contributed by atoms with Gasteiger partial charge in [-0.2, -0.15) is 0 Å². The van der Waals surface area contributed by atoms with Crippen molar-refractivity contribution >= 4 is 23.7 Å². The van der Waals surface area contributed by atoms with E-state index in [-0.39, 0.29) is 0 Å². The van der Waals surface area contributed by atoms with Crippen LogP contribution < -0.4 is 5.73 Å². The second-order valence-electron chi connectivity index (χ2n) is 4.10. The molecule has 1 unspecified atom stereocenters. The molecule has 5 nitrogen and oxygen atoms in total. The highest BCUT2D eigenvalue weighted by atomic mass is 16.2. The summed E-state index contributed by atoms with van der Waals surface area (Å²) in [4.78, 5) is 35.4. The number of carbonyl (C=O) groups is 3. The SMILES string of the molecule is CC(C(N)=O)N(C)C(=O)C(=O)/C=C/c1ccccc1. The molecule has 1 aromatic rings. The summed E-state index contributed by atoms with van der Waals surface area (Å²) >= 11 is 0. The summed E-state index contributed by atoms with van der Waals surface area (Å²) < 4.78 is 0. The molecular formula is C14H16N2O3. The Kier molecular flexibility index (Phi) is 5.00. The second kappa shape index (κ2) is 6.49. The lowest BCUT2D eigenvalue weighted by Gasteiger charge is -2.20. The molecule has 0 fully saturated rings. The van der Waals surface area contributed by atoms with Crippen LogP contribution in [0.15, 0.2) is 36.4 Å². The second-order valence-corrected chi connectivity index (χ2v) is 4.10. The monoisotopic (exact) mass is 260 g/mol. The van der Waals surface area contributed by atoms with Crippen molar-refractivity contribution in [2.24, 2.45) is 5.73 Å². The third-order valence-corrected chi connectivity index (χ3v) is 2.75. The number of nitrogens with zero attached hydrogens (tertiary/aromatic N) is 1. The fourth-order valence-corrected chi connectivity index (χ4v) is 1.35. The van der Waals surface area contributed by atoms with Crippen LogP contribution in [0.1, 0.15) is 12.5 Å². The molecule has 1 rings (SSSR count). The van der Waals surface area contributed by atoms with E-state index in [0.29, 0.717) is 0 Å². The van der Waals surface area contributed by atoms with Crippen molar-refractivity contribution in [2.75, 3.05) is 7.05 Å². The molecule has 0 aliphatic rings. The van der Waals surface area contributed by atoms with Gasteiger partial charge >= 0.3 is 0 Å². The maximum absolute atomic E-state index is 11.7. The number of nitrogens with two attached hydrogens (primary N) is 1. The van der Waals surface area contributed by atoms with Crippen LogP contribution in [0, 0.1) is 0 Å². The molecule has 0 heterocycles. The molecule has 0 radical (unpaired) electrons. The van der Waals surface area contributed by atoms with Crippen LogP contribution in [0.2, 0.25) is 0 Å². The Balaban J connectivity index is 2.71. The predicted octanol–water partition coefficient (Wildman–Crippen LogP) is 0.601. The molecule has 0 aliphatic carbocycles. The molecular weight excluding hydrogens is 244 g/mol. The molecule has 0 aliphatic heterocycles. The fraction of sp³-hybridized carbons (Fsp3) is 0.214. The zero-order chi connectivity index (χ0) is 14.4. The van der Waals surface area contributed by atoms with Gasteiger partial charge in [-0.15, -0.1) is 0 Å². The first-order valence-corrected chi connectivity index (χ1v) is 5.77. The van der Waals surface area contributed by atoms with Gasteiger partial charge in [0.2, 0.25) is 11.7 Å². The molecule has 19 heavy (non-hydrogen) atoms. The summed E-state index contributed by atoms with van der Waals surface area (Å²) in [5.41, 5.74) is 5.89. The molecule has 0 aromatic heterocycles. The Morgan fingerprint density at radius 2 is 1.79 bits per heavy atom. The number of amides is 2. The molecule has 0 saturated heterocycles. The molecule has 2 amide bonds. The van der Waals surface area contributed by atoms with E-state index >= 15 is 0 Å². The van der Waals surface area contributed by atoms with Crippen LogP contribution in [0.4, 0.5) is 0 Å². The Hall–Kier alpha value is -2.43. The van der Waals surface area contributed by atoms with E-state index in [4.69, 9.17) is 5.73 Å². The number of rotatable bonds is 5. The van der Waals surface area contributed by atoms with Crippen molar-refractivity contribution < 1.29 is 14.4 Å². The topological polar surface area (TPSA) is 80.5 Å². The summed E-state index contributed by atoms with van der Waals surface area (Å²) in [6.07, 6.45) is 2.73. The van der Waals surface area contributed by atoms with Crippen molar-refractivity contribution in [1.82, 2.24) is 4.90 Å². The van der Waals surface area contributed by atoms with E-state index in [1.807, 2.05) is 30.3 Å². The predicted molar refractivity (Wildman–Crippen MR) is 71.9 cm³/mol. The average Bonchev–Trinajstić information content (AvgIpc) is 2.43. The van der Waals surface area contributed by atoms with E-state index in [1.54, 1.807) is 6.08 Å². The van der Waals surface area contributed by atoms with Crippen molar-refractivity contribution in [3.63, 3.8) is 0 Å². The minimum absolute atomic E-state index is 0.657. The Bertz CT molecular complexity index is 509. The third kappa shape index (κ3) is 4.06. The minimum Gasteiger partial charge on any atom is -0.368 e. The first kappa shape index (κ1) is 14.6. The Labute approximate surface area is 111 Å². The molecule has 2 N–H and O–H groups in total. The first-order chi connectivity index (χ1) is 8.93. The molecule has 1 aromatic carbocycles. The summed E-state index contributed by atoms with van der Waals surface area (Å²) in [6.45, 7) is 1.47. The lowest BCUT2D eigenvalue weighted by molar-refractivity contribution is -0.144. The van der Waals surface area contributed by atoms with Gasteiger partial charge in [-0.3, -0.25) is 14.4 Å². The fourth-order valence-electron chi connectivity index (χ4n) is 1.35. The van der Waals surface area contributed by atoms with Gasteiger partial charge in [0.15, 0.2) is 0 Å². The maximum atomic E-state index is 11.7. The quantitative estimate of drug-likeness (QED) is 0.622. The van der Waals surface area contributed by atoms with Gasteiger partial charge in [0.25, 0.3) is 5.91 Å². The van der Waals surface area contributed by atoms with Crippen LogP contribution >= 0.6 is 0 Å². The number of carbonyl (C=O) groups excluding carboxylic acids is 3. The van der Waals surface area contributed by atoms with Gasteiger partial charge in [0.05, 0.1) is 0 Å². The van der Waals surface area contributed by atoms with Crippen LogP contribution in [-0.4, -0.2) is 35.6 Å².